The van der Waals surface area contributed by atoms with Crippen LogP contribution in [0.1, 0.15) is 13.3 Å². The maximum absolute atomic E-state index is 12.0. The molecule has 0 bridgehead atoms. The molecule has 6 heteroatoms. The minimum absolute atomic E-state index is 0.0842. The Bertz CT molecular complexity index is 278. The van der Waals surface area contributed by atoms with Crippen LogP contribution in [0.2, 0.25) is 0 Å². The van der Waals surface area contributed by atoms with Gasteiger partial charge < -0.3 is 4.90 Å². The standard InChI is InChI=1S/C11H18F3N3/c1-3-15-10(2)17-8-6-16(7-9-17)5-4-11(12,13)14/h3H,2,4-9H2,1H3. The van der Waals surface area contributed by atoms with E-state index in [0.29, 0.717) is 32.0 Å². The van der Waals surface area contributed by atoms with Gasteiger partial charge in [0.05, 0.1) is 6.42 Å². The van der Waals surface area contributed by atoms with E-state index in [1.54, 1.807) is 6.21 Å². The van der Waals surface area contributed by atoms with Gasteiger partial charge in [-0.25, -0.2) is 4.99 Å². The second kappa shape index (κ2) is 6.05. The van der Waals surface area contributed by atoms with Crippen molar-refractivity contribution in [1.29, 1.82) is 0 Å². The van der Waals surface area contributed by atoms with E-state index in [1.165, 1.54) is 0 Å². The van der Waals surface area contributed by atoms with Crippen LogP contribution in [0.15, 0.2) is 17.4 Å². The predicted molar refractivity (Wildman–Crippen MR) is 62.0 cm³/mol. The normalized spacial score (nSPS) is 18.9. The van der Waals surface area contributed by atoms with Crippen LogP contribution >= 0.6 is 0 Å². The number of piperazine rings is 1. The summed E-state index contributed by atoms with van der Waals surface area (Å²) in [7, 11) is 0. The summed E-state index contributed by atoms with van der Waals surface area (Å²) in [6, 6.07) is 0. The molecule has 1 saturated heterocycles. The molecule has 0 radical (unpaired) electrons. The van der Waals surface area contributed by atoms with Gasteiger partial charge in [-0.2, -0.15) is 13.2 Å². The Kier molecular flexibility index (Phi) is 4.99. The fourth-order valence-corrected chi connectivity index (χ4v) is 1.75. The number of nitrogens with zero attached hydrogens (tertiary/aromatic N) is 3. The molecule has 0 spiro atoms. The van der Waals surface area contributed by atoms with E-state index in [0.717, 1.165) is 0 Å². The molecule has 3 nitrogen and oxygen atoms in total. The molecular weight excluding hydrogens is 231 g/mol. The summed E-state index contributed by atoms with van der Waals surface area (Å²) in [6.45, 7) is 8.35. The molecule has 1 aliphatic rings. The number of hydrogen-bond donors (Lipinski definition) is 0. The van der Waals surface area contributed by atoms with Crippen molar-refractivity contribution in [3.05, 3.63) is 12.4 Å². The van der Waals surface area contributed by atoms with E-state index in [-0.39, 0.29) is 6.54 Å². The maximum atomic E-state index is 12.0. The summed E-state index contributed by atoms with van der Waals surface area (Å²) in [5.41, 5.74) is 0. The topological polar surface area (TPSA) is 18.8 Å². The van der Waals surface area contributed by atoms with Gasteiger partial charge in [-0.1, -0.05) is 6.58 Å². The molecule has 0 aromatic heterocycles. The fourth-order valence-electron chi connectivity index (χ4n) is 1.75. The van der Waals surface area contributed by atoms with Gasteiger partial charge in [0.1, 0.15) is 5.82 Å². The number of alkyl halides is 3. The quantitative estimate of drug-likeness (QED) is 0.711. The highest BCUT2D eigenvalue weighted by atomic mass is 19.4. The number of hydrogen-bond acceptors (Lipinski definition) is 3. The first-order valence-electron chi connectivity index (χ1n) is 5.64. The van der Waals surface area contributed by atoms with Crippen molar-refractivity contribution >= 4 is 6.21 Å². The van der Waals surface area contributed by atoms with Gasteiger partial charge >= 0.3 is 6.18 Å². The van der Waals surface area contributed by atoms with Crippen LogP contribution in [0.5, 0.6) is 0 Å². The Balaban J connectivity index is 2.29. The van der Waals surface area contributed by atoms with E-state index in [1.807, 2.05) is 16.7 Å². The van der Waals surface area contributed by atoms with Crippen molar-refractivity contribution in [2.24, 2.45) is 4.99 Å². The molecule has 0 amide bonds. The summed E-state index contributed by atoms with van der Waals surface area (Å²) < 4.78 is 36.1. The molecule has 0 aromatic carbocycles. The monoisotopic (exact) mass is 249 g/mol. The van der Waals surface area contributed by atoms with Gasteiger partial charge in [0.25, 0.3) is 0 Å². The fraction of sp³-hybridized carbons (Fsp3) is 0.727. The molecule has 1 rings (SSSR count). The van der Waals surface area contributed by atoms with Crippen LogP contribution in [0.4, 0.5) is 13.2 Å². The zero-order valence-electron chi connectivity index (χ0n) is 10.0. The van der Waals surface area contributed by atoms with Crippen molar-refractivity contribution < 1.29 is 13.2 Å². The minimum Gasteiger partial charge on any atom is -0.355 e. The molecular formula is C11H18F3N3. The Morgan fingerprint density at radius 2 is 1.88 bits per heavy atom. The molecule has 0 saturated carbocycles. The highest BCUT2D eigenvalue weighted by Gasteiger charge is 2.28. The summed E-state index contributed by atoms with van der Waals surface area (Å²) in [5.74, 6) is 0.683. The lowest BCUT2D eigenvalue weighted by molar-refractivity contribution is -0.138. The van der Waals surface area contributed by atoms with Crippen LogP contribution in [-0.4, -0.2) is 54.9 Å². The lowest BCUT2D eigenvalue weighted by Gasteiger charge is -2.35. The molecule has 17 heavy (non-hydrogen) atoms. The van der Waals surface area contributed by atoms with Crippen LogP contribution in [0.3, 0.4) is 0 Å². The van der Waals surface area contributed by atoms with Crippen molar-refractivity contribution in [2.75, 3.05) is 32.7 Å². The first kappa shape index (κ1) is 14.0. The summed E-state index contributed by atoms with van der Waals surface area (Å²) >= 11 is 0. The van der Waals surface area contributed by atoms with Crippen LogP contribution in [0.25, 0.3) is 0 Å². The van der Waals surface area contributed by atoms with Crippen molar-refractivity contribution in [1.82, 2.24) is 9.80 Å². The molecule has 0 atom stereocenters. The maximum Gasteiger partial charge on any atom is 0.390 e. The van der Waals surface area contributed by atoms with Crippen LogP contribution in [-0.2, 0) is 0 Å². The lowest BCUT2D eigenvalue weighted by Crippen LogP contribution is -2.46. The first-order valence-corrected chi connectivity index (χ1v) is 5.64. The summed E-state index contributed by atoms with van der Waals surface area (Å²) in [4.78, 5) is 7.88. The van der Waals surface area contributed by atoms with E-state index in [4.69, 9.17) is 0 Å². The second-order valence-corrected chi connectivity index (χ2v) is 4.00. The third-order valence-corrected chi connectivity index (χ3v) is 2.73. The molecule has 1 heterocycles. The van der Waals surface area contributed by atoms with Gasteiger partial charge in [0.2, 0.25) is 0 Å². The average molecular weight is 249 g/mol. The Morgan fingerprint density at radius 1 is 1.29 bits per heavy atom. The average Bonchev–Trinajstić information content (AvgIpc) is 2.26. The van der Waals surface area contributed by atoms with Gasteiger partial charge in [-0.3, -0.25) is 4.90 Å². The highest BCUT2D eigenvalue weighted by molar-refractivity contribution is 5.54. The SMILES string of the molecule is C=C(N=CC)N1CCN(CCC(F)(F)F)CC1. The molecule has 98 valence electrons. The van der Waals surface area contributed by atoms with Crippen molar-refractivity contribution in [3.8, 4) is 0 Å². The predicted octanol–water partition coefficient (Wildman–Crippen LogP) is 2.12. The number of halogens is 3. The number of rotatable bonds is 4. The zero-order valence-corrected chi connectivity index (χ0v) is 10.0. The first-order chi connectivity index (χ1) is 7.92. The van der Waals surface area contributed by atoms with E-state index < -0.39 is 12.6 Å². The zero-order chi connectivity index (χ0) is 12.9. The second-order valence-electron chi connectivity index (χ2n) is 4.00. The lowest BCUT2D eigenvalue weighted by atomic mass is 10.3. The Labute approximate surface area is 99.6 Å². The van der Waals surface area contributed by atoms with Gasteiger partial charge in [-0.05, 0) is 6.92 Å². The van der Waals surface area contributed by atoms with Gasteiger partial charge in [0, 0.05) is 38.9 Å². The number of aliphatic imine (C=N–C) groups is 1. The molecule has 1 aliphatic heterocycles. The van der Waals surface area contributed by atoms with Gasteiger partial charge in [-0.15, -0.1) is 0 Å². The smallest absolute Gasteiger partial charge is 0.355 e. The van der Waals surface area contributed by atoms with E-state index in [9.17, 15) is 13.2 Å². The minimum atomic E-state index is -4.06. The molecule has 0 unspecified atom stereocenters. The Morgan fingerprint density at radius 3 is 2.35 bits per heavy atom. The van der Waals surface area contributed by atoms with Crippen LogP contribution in [0, 0.1) is 0 Å². The third-order valence-electron chi connectivity index (χ3n) is 2.73. The van der Waals surface area contributed by atoms with Crippen molar-refractivity contribution in [2.45, 2.75) is 19.5 Å². The molecule has 1 fully saturated rings. The molecule has 0 aromatic rings. The van der Waals surface area contributed by atoms with Gasteiger partial charge in [0.15, 0.2) is 0 Å². The molecule has 0 aliphatic carbocycles. The Hall–Kier alpha value is -1.04. The summed E-state index contributed by atoms with van der Waals surface area (Å²) in [6.07, 6.45) is -3.13. The largest absolute Gasteiger partial charge is 0.390 e. The third kappa shape index (κ3) is 5.21. The van der Waals surface area contributed by atoms with Crippen LogP contribution < -0.4 is 0 Å². The summed E-state index contributed by atoms with van der Waals surface area (Å²) in [5, 5.41) is 0. The highest BCUT2D eigenvalue weighted by Crippen LogP contribution is 2.20. The van der Waals surface area contributed by atoms with E-state index >= 15 is 0 Å². The van der Waals surface area contributed by atoms with E-state index in [2.05, 4.69) is 11.6 Å². The van der Waals surface area contributed by atoms with Crippen molar-refractivity contribution in [3.63, 3.8) is 0 Å². The molecule has 0 N–H and O–H groups in total.